The quantitative estimate of drug-likeness (QED) is 0.694. The van der Waals surface area contributed by atoms with Gasteiger partial charge in [0.25, 0.3) is 0 Å². The van der Waals surface area contributed by atoms with Crippen LogP contribution in [0.15, 0.2) is 0 Å². The number of hydrogen-bond donors (Lipinski definition) is 2. The fourth-order valence-corrected chi connectivity index (χ4v) is 3.81. The molecule has 0 unspecified atom stereocenters. The minimum atomic E-state index is -3.39. The monoisotopic (exact) mass is 280 g/mol. The number of rotatable bonds is 6. The summed E-state index contributed by atoms with van der Waals surface area (Å²) in [5.74, 6) is -0.0616. The summed E-state index contributed by atoms with van der Waals surface area (Å²) in [4.78, 5) is 0.248. The first-order chi connectivity index (χ1) is 7.92. The average molecular weight is 280 g/mol. The molecular weight excluding hydrogens is 260 g/mol. The fraction of sp³-hybridized carbons (Fsp3) is 0.900. The van der Waals surface area contributed by atoms with Gasteiger partial charge in [0.2, 0.25) is 10.0 Å². The van der Waals surface area contributed by atoms with Crippen molar-refractivity contribution in [2.75, 3.05) is 19.5 Å². The third-order valence-electron chi connectivity index (χ3n) is 3.09. The van der Waals surface area contributed by atoms with E-state index in [1.54, 1.807) is 0 Å². The largest absolute Gasteiger partial charge is 0.392 e. The van der Waals surface area contributed by atoms with Gasteiger partial charge in [0.05, 0.1) is 22.9 Å². The molecule has 0 spiro atoms. The molecule has 0 aromatic rings. The summed E-state index contributed by atoms with van der Waals surface area (Å²) in [5, 5.41) is 0. The number of hydrogen-bond acceptors (Lipinski definition) is 4. The summed E-state index contributed by atoms with van der Waals surface area (Å²) in [6.07, 6.45) is 4.38. The van der Waals surface area contributed by atoms with Crippen LogP contribution in [-0.4, -0.2) is 38.4 Å². The lowest BCUT2D eigenvalue weighted by molar-refractivity contribution is 0.216. The lowest BCUT2D eigenvalue weighted by Gasteiger charge is -2.36. The van der Waals surface area contributed by atoms with Gasteiger partial charge in [-0.05, 0) is 12.8 Å². The van der Waals surface area contributed by atoms with E-state index in [2.05, 4.69) is 4.72 Å². The van der Waals surface area contributed by atoms with E-state index in [1.165, 1.54) is 7.11 Å². The van der Waals surface area contributed by atoms with Crippen molar-refractivity contribution in [2.24, 2.45) is 5.73 Å². The highest BCUT2D eigenvalue weighted by atomic mass is 32.2. The van der Waals surface area contributed by atoms with Crippen molar-refractivity contribution in [1.82, 2.24) is 4.72 Å². The Kier molecular flexibility index (Phi) is 5.30. The van der Waals surface area contributed by atoms with Gasteiger partial charge in [-0.2, -0.15) is 0 Å². The number of nitrogens with one attached hydrogen (secondary N) is 1. The molecule has 0 aliphatic heterocycles. The second kappa shape index (κ2) is 6.08. The maximum atomic E-state index is 11.9. The Labute approximate surface area is 108 Å². The number of methoxy groups -OCH3 is 1. The normalized spacial score (nSPS) is 20.1. The number of sulfonamides is 1. The molecule has 0 bridgehead atoms. The van der Waals surface area contributed by atoms with Gasteiger partial charge in [0.1, 0.15) is 0 Å². The Balaban J connectivity index is 2.76. The molecule has 100 valence electrons. The molecule has 0 radical (unpaired) electrons. The SMILES string of the molecule is COCCS(=O)(=O)NC1(C(N)=S)CCCCC1. The predicted octanol–water partition coefficient (Wildman–Crippen LogP) is 0.541. The molecule has 5 nitrogen and oxygen atoms in total. The summed E-state index contributed by atoms with van der Waals surface area (Å²) < 4.78 is 31.2. The first-order valence-corrected chi connectivity index (χ1v) is 7.78. The van der Waals surface area contributed by atoms with Gasteiger partial charge in [-0.25, -0.2) is 13.1 Å². The molecule has 1 saturated carbocycles. The highest BCUT2D eigenvalue weighted by Crippen LogP contribution is 2.29. The van der Waals surface area contributed by atoms with E-state index in [9.17, 15) is 8.42 Å². The molecule has 1 aliphatic rings. The zero-order valence-electron chi connectivity index (χ0n) is 10.1. The molecule has 0 atom stereocenters. The molecule has 7 heteroatoms. The van der Waals surface area contributed by atoms with Crippen molar-refractivity contribution >= 4 is 27.2 Å². The minimum absolute atomic E-state index is 0.0616. The number of thiocarbonyl (C=S) groups is 1. The highest BCUT2D eigenvalue weighted by Gasteiger charge is 2.38. The van der Waals surface area contributed by atoms with Gasteiger partial charge in [-0.3, -0.25) is 0 Å². The Bertz CT molecular complexity index is 362. The van der Waals surface area contributed by atoms with Crippen molar-refractivity contribution in [3.05, 3.63) is 0 Å². The predicted molar refractivity (Wildman–Crippen MR) is 71.4 cm³/mol. The molecule has 1 aliphatic carbocycles. The second-order valence-electron chi connectivity index (χ2n) is 4.42. The molecule has 3 N–H and O–H groups in total. The molecular formula is C10H20N2O3S2. The van der Waals surface area contributed by atoms with Crippen LogP contribution in [-0.2, 0) is 14.8 Å². The first kappa shape index (κ1) is 14.8. The van der Waals surface area contributed by atoms with E-state index in [1.807, 2.05) is 0 Å². The maximum Gasteiger partial charge on any atom is 0.214 e. The van der Waals surface area contributed by atoms with Crippen molar-refractivity contribution < 1.29 is 13.2 Å². The van der Waals surface area contributed by atoms with Crippen molar-refractivity contribution in [2.45, 2.75) is 37.6 Å². The Morgan fingerprint density at radius 3 is 2.47 bits per heavy atom. The lowest BCUT2D eigenvalue weighted by Crippen LogP contribution is -2.58. The smallest absolute Gasteiger partial charge is 0.214 e. The van der Waals surface area contributed by atoms with Crippen LogP contribution in [0.2, 0.25) is 0 Å². The Morgan fingerprint density at radius 1 is 1.41 bits per heavy atom. The van der Waals surface area contributed by atoms with Crippen LogP contribution in [0.5, 0.6) is 0 Å². The maximum absolute atomic E-state index is 11.9. The van der Waals surface area contributed by atoms with Gasteiger partial charge in [0, 0.05) is 7.11 Å². The van der Waals surface area contributed by atoms with E-state index >= 15 is 0 Å². The van der Waals surface area contributed by atoms with E-state index in [-0.39, 0.29) is 17.3 Å². The summed E-state index contributed by atoms with van der Waals surface area (Å²) in [6.45, 7) is 0.169. The van der Waals surface area contributed by atoms with Crippen LogP contribution in [0, 0.1) is 0 Å². The molecule has 0 heterocycles. The summed E-state index contributed by atoms with van der Waals surface area (Å²) in [5.41, 5.74) is 4.99. The summed E-state index contributed by atoms with van der Waals surface area (Å²) in [6, 6.07) is 0. The second-order valence-corrected chi connectivity index (χ2v) is 6.70. The van der Waals surface area contributed by atoms with Crippen LogP contribution in [0.3, 0.4) is 0 Å². The molecule has 0 saturated heterocycles. The zero-order valence-corrected chi connectivity index (χ0v) is 11.7. The topological polar surface area (TPSA) is 81.4 Å². The zero-order chi connectivity index (χ0) is 12.9. The van der Waals surface area contributed by atoms with Crippen LogP contribution in [0.1, 0.15) is 32.1 Å². The van der Waals surface area contributed by atoms with Crippen LogP contribution in [0.25, 0.3) is 0 Å². The van der Waals surface area contributed by atoms with Crippen molar-refractivity contribution in [1.29, 1.82) is 0 Å². The third kappa shape index (κ3) is 4.17. The first-order valence-electron chi connectivity index (χ1n) is 5.72. The average Bonchev–Trinajstić information content (AvgIpc) is 2.27. The van der Waals surface area contributed by atoms with E-state index < -0.39 is 15.6 Å². The van der Waals surface area contributed by atoms with Crippen LogP contribution < -0.4 is 10.5 Å². The molecule has 1 fully saturated rings. The van der Waals surface area contributed by atoms with E-state index in [4.69, 9.17) is 22.7 Å². The highest BCUT2D eigenvalue weighted by molar-refractivity contribution is 7.89. The van der Waals surface area contributed by atoms with Crippen molar-refractivity contribution in [3.8, 4) is 0 Å². The van der Waals surface area contributed by atoms with Crippen LogP contribution >= 0.6 is 12.2 Å². The minimum Gasteiger partial charge on any atom is -0.392 e. The number of ether oxygens (including phenoxy) is 1. The van der Waals surface area contributed by atoms with Gasteiger partial charge in [0.15, 0.2) is 0 Å². The van der Waals surface area contributed by atoms with Crippen molar-refractivity contribution in [3.63, 3.8) is 0 Å². The van der Waals surface area contributed by atoms with E-state index in [0.29, 0.717) is 12.8 Å². The molecule has 0 aromatic heterocycles. The standard InChI is InChI=1S/C10H20N2O3S2/c1-15-7-8-17(13,14)12-10(9(11)16)5-3-2-4-6-10/h12H,2-8H2,1H3,(H2,11,16). The molecule has 0 amide bonds. The lowest BCUT2D eigenvalue weighted by atomic mass is 9.82. The van der Waals surface area contributed by atoms with E-state index in [0.717, 1.165) is 19.3 Å². The Hall–Kier alpha value is -0.240. The summed E-state index contributed by atoms with van der Waals surface area (Å²) in [7, 11) is -1.92. The number of nitrogens with two attached hydrogens (primary N) is 1. The molecule has 17 heavy (non-hydrogen) atoms. The van der Waals surface area contributed by atoms with Gasteiger partial charge in [-0.15, -0.1) is 0 Å². The third-order valence-corrected chi connectivity index (χ3v) is 4.88. The van der Waals surface area contributed by atoms with Crippen LogP contribution in [0.4, 0.5) is 0 Å². The fourth-order valence-electron chi connectivity index (χ4n) is 2.10. The van der Waals surface area contributed by atoms with Gasteiger partial charge in [-0.1, -0.05) is 31.5 Å². The molecule has 1 rings (SSSR count). The van der Waals surface area contributed by atoms with Gasteiger partial charge < -0.3 is 10.5 Å². The summed E-state index contributed by atoms with van der Waals surface area (Å²) >= 11 is 5.03. The molecule has 0 aromatic carbocycles. The van der Waals surface area contributed by atoms with Gasteiger partial charge >= 0.3 is 0 Å². The Morgan fingerprint density at radius 2 is 2.00 bits per heavy atom.